The number of carbonyl (C=O) groups excluding carboxylic acids is 2. The van der Waals surface area contributed by atoms with Crippen LogP contribution < -0.4 is 0 Å². The maximum atomic E-state index is 11.9. The molecule has 142 valence electrons. The van der Waals surface area contributed by atoms with E-state index in [9.17, 15) is 9.59 Å². The van der Waals surface area contributed by atoms with Crippen LogP contribution in [0.5, 0.6) is 0 Å². The molecule has 0 aliphatic heterocycles. The van der Waals surface area contributed by atoms with Crippen molar-refractivity contribution in [2.45, 2.75) is 23.7 Å². The van der Waals surface area contributed by atoms with Crippen molar-refractivity contribution in [3.63, 3.8) is 0 Å². The first-order valence-electron chi connectivity index (χ1n) is 9.34. The Balaban J connectivity index is 2.20. The van der Waals surface area contributed by atoms with Gasteiger partial charge in [-0.15, -0.1) is 0 Å². The molecule has 0 N–H and O–H groups in total. The van der Waals surface area contributed by atoms with Gasteiger partial charge < -0.3 is 0 Å². The molecule has 0 bridgehead atoms. The number of benzene rings is 2. The summed E-state index contributed by atoms with van der Waals surface area (Å²) in [5.74, 6) is 0. The van der Waals surface area contributed by atoms with Crippen LogP contribution in [0.15, 0.2) is 70.6 Å². The first kappa shape index (κ1) is 19.1. The van der Waals surface area contributed by atoms with Gasteiger partial charge in [-0.1, -0.05) is 0 Å². The minimum absolute atomic E-state index is 0.241. The van der Waals surface area contributed by atoms with E-state index in [1.807, 2.05) is 42.5 Å². The molecule has 0 spiro atoms. The first-order chi connectivity index (χ1) is 13.6. The third-order valence-corrected chi connectivity index (χ3v) is 27.4. The van der Waals surface area contributed by atoms with Gasteiger partial charge in [-0.25, -0.2) is 0 Å². The minimum atomic E-state index is -4.85. The molecular formula is C22H22O4SiTi. The van der Waals surface area contributed by atoms with Gasteiger partial charge in [0.05, 0.1) is 0 Å². The molecule has 0 unspecified atom stereocenters. The molecule has 2 aliphatic carbocycles. The van der Waals surface area contributed by atoms with Crippen molar-refractivity contribution < 1.29 is 31.0 Å². The molecule has 0 aromatic heterocycles. The van der Waals surface area contributed by atoms with Gasteiger partial charge in [0.25, 0.3) is 0 Å². The molecule has 0 atom stereocenters. The molecule has 0 saturated carbocycles. The van der Waals surface area contributed by atoms with Crippen LogP contribution in [0, 0.1) is 0 Å². The van der Waals surface area contributed by atoms with Gasteiger partial charge in [0.2, 0.25) is 0 Å². The van der Waals surface area contributed by atoms with Crippen LogP contribution in [0.3, 0.4) is 0 Å². The summed E-state index contributed by atoms with van der Waals surface area (Å²) in [6, 6.07) is 16.4. The van der Waals surface area contributed by atoms with Crippen molar-refractivity contribution in [2.75, 3.05) is 0 Å². The molecule has 0 fully saturated rings. The van der Waals surface area contributed by atoms with Crippen molar-refractivity contribution in [1.29, 1.82) is 0 Å². The number of allylic oxidation sites excluding steroid dienone is 4. The average molecular weight is 426 g/mol. The average Bonchev–Trinajstić information content (AvgIpc) is 3.35. The molecule has 2 aromatic carbocycles. The Morgan fingerprint density at radius 1 is 0.929 bits per heavy atom. The first-order valence-corrected chi connectivity index (χ1v) is 17.1. The van der Waals surface area contributed by atoms with Crippen molar-refractivity contribution in [2.24, 2.45) is 0 Å². The molecule has 0 saturated heterocycles. The molecule has 4 rings (SSSR count). The summed E-state index contributed by atoms with van der Waals surface area (Å²) in [6.07, 6.45) is 5.27. The standard InChI is InChI=1S/C13H9.C5H5.C2H6Si.2CH2O2.Ti/c1-3-7-12-10(5-1)9-11-6-2-4-8-13(11)12;1-2-4-5-3-1;1-3-2;2*2-1-3;/h1-9H;1-3H,4H2;1-2H3;2*1H,(H,2,3);/q;;;;;+2/p-2. The van der Waals surface area contributed by atoms with E-state index in [4.69, 9.17) is 6.64 Å². The number of hydrogen-bond donors (Lipinski definition) is 0. The van der Waals surface area contributed by atoms with Crippen LogP contribution >= 0.6 is 0 Å². The van der Waals surface area contributed by atoms with E-state index in [0.29, 0.717) is 19.4 Å². The topological polar surface area (TPSA) is 52.6 Å². The van der Waals surface area contributed by atoms with E-state index >= 15 is 0 Å². The SMILES string of the molecule is C[Si](C)=[Ti]([O]C=O)([O]C=O)([C]1=CC=CC1)[CH]1c2ccccc2-c2ccccc21. The molecule has 0 amide bonds. The summed E-state index contributed by atoms with van der Waals surface area (Å²) in [5.41, 5.74) is 4.42. The Morgan fingerprint density at radius 3 is 1.89 bits per heavy atom. The molecule has 0 radical (unpaired) electrons. The summed E-state index contributed by atoms with van der Waals surface area (Å²) in [5, 5.41) is 0. The van der Waals surface area contributed by atoms with Gasteiger partial charge in [0.15, 0.2) is 0 Å². The van der Waals surface area contributed by atoms with Gasteiger partial charge in [-0.05, 0) is 0 Å². The molecular weight excluding hydrogens is 404 g/mol. The van der Waals surface area contributed by atoms with Crippen molar-refractivity contribution >= 4 is 19.1 Å². The number of hydrogen-bond acceptors (Lipinski definition) is 4. The second kappa shape index (κ2) is 6.99. The van der Waals surface area contributed by atoms with E-state index in [2.05, 4.69) is 37.4 Å². The zero-order valence-corrected chi connectivity index (χ0v) is 18.5. The molecule has 4 nitrogen and oxygen atoms in total. The number of fused-ring (bicyclic) bond motifs is 3. The van der Waals surface area contributed by atoms with Gasteiger partial charge in [0, 0.05) is 0 Å². The Bertz CT molecular complexity index is 1050. The fraction of sp³-hybridized carbons (Fsp3) is 0.182. The maximum absolute atomic E-state index is 11.9. The second-order valence-corrected chi connectivity index (χ2v) is 24.3. The predicted molar refractivity (Wildman–Crippen MR) is 107 cm³/mol. The van der Waals surface area contributed by atoms with E-state index in [1.165, 1.54) is 0 Å². The van der Waals surface area contributed by atoms with E-state index < -0.39 is 21.0 Å². The second-order valence-electron chi connectivity index (χ2n) is 7.50. The van der Waals surface area contributed by atoms with Crippen LogP contribution in [0.2, 0.25) is 13.1 Å². The van der Waals surface area contributed by atoms with Crippen LogP contribution in [-0.4, -0.2) is 19.1 Å². The van der Waals surface area contributed by atoms with E-state index in [-0.39, 0.29) is 4.22 Å². The van der Waals surface area contributed by atoms with Gasteiger partial charge in [-0.2, -0.15) is 0 Å². The molecule has 6 heteroatoms. The summed E-state index contributed by atoms with van der Waals surface area (Å²) in [7, 11) is 0. The van der Waals surface area contributed by atoms with Crippen LogP contribution in [0.25, 0.3) is 11.1 Å². The Morgan fingerprint density at radius 2 is 1.46 bits per heavy atom. The molecule has 0 heterocycles. The predicted octanol–water partition coefficient (Wildman–Crippen LogP) is 4.72. The third kappa shape index (κ3) is 2.33. The van der Waals surface area contributed by atoms with Gasteiger partial charge in [-0.3, -0.25) is 0 Å². The Kier molecular flexibility index (Phi) is 4.78. The number of rotatable bonds is 6. The van der Waals surface area contributed by atoms with Crippen LogP contribution in [0.4, 0.5) is 0 Å². The Labute approximate surface area is 166 Å². The zero-order valence-electron chi connectivity index (χ0n) is 15.9. The zero-order chi connectivity index (χ0) is 19.8. The van der Waals surface area contributed by atoms with Crippen LogP contribution in [0.1, 0.15) is 21.8 Å². The third-order valence-electron chi connectivity index (χ3n) is 6.25. The monoisotopic (exact) mass is 426 g/mol. The fourth-order valence-corrected chi connectivity index (χ4v) is 23.3. The van der Waals surface area contributed by atoms with Crippen LogP contribution in [-0.2, 0) is 31.0 Å². The number of carbonyl (C=O) groups is 2. The summed E-state index contributed by atoms with van der Waals surface area (Å²) < 4.78 is 13.1. The van der Waals surface area contributed by atoms with Gasteiger partial charge >= 0.3 is 167 Å². The van der Waals surface area contributed by atoms with E-state index in [1.54, 1.807) is 0 Å². The Hall–Kier alpha value is -2.21. The van der Waals surface area contributed by atoms with Crippen molar-refractivity contribution in [1.82, 2.24) is 0 Å². The summed E-state index contributed by atoms with van der Waals surface area (Å²) in [6.45, 7) is 5.25. The molecule has 28 heavy (non-hydrogen) atoms. The quantitative estimate of drug-likeness (QED) is 0.496. The summed E-state index contributed by atoms with van der Waals surface area (Å²) in [4.78, 5) is 23.9. The fourth-order valence-electron chi connectivity index (χ4n) is 5.06. The normalized spacial score (nSPS) is 15.5. The van der Waals surface area contributed by atoms with E-state index in [0.717, 1.165) is 26.1 Å². The molecule has 2 aliphatic rings. The van der Waals surface area contributed by atoms with Crippen molar-refractivity contribution in [3.05, 3.63) is 81.8 Å². The molecule has 2 aromatic rings. The summed E-state index contributed by atoms with van der Waals surface area (Å²) >= 11 is -4.85. The van der Waals surface area contributed by atoms with Gasteiger partial charge in [0.1, 0.15) is 0 Å². The van der Waals surface area contributed by atoms with Crippen molar-refractivity contribution in [3.8, 4) is 11.1 Å².